The molecule has 6 aromatic rings. The number of benzene rings is 1. The Hall–Kier alpha value is -5.78. The maximum atomic E-state index is 13.6. The Kier molecular flexibility index (Phi) is 5.77. The zero-order chi connectivity index (χ0) is 28.9. The quantitative estimate of drug-likeness (QED) is 0.315. The van der Waals surface area contributed by atoms with Gasteiger partial charge in [0, 0.05) is 36.7 Å². The monoisotopic (exact) mass is 571 g/mol. The number of pyridine rings is 2. The molecule has 0 fully saturated rings. The van der Waals surface area contributed by atoms with Crippen LogP contribution in [0.4, 0.5) is 17.3 Å². The van der Waals surface area contributed by atoms with Gasteiger partial charge < -0.3 is 19.5 Å². The summed E-state index contributed by atoms with van der Waals surface area (Å²) in [5, 5.41) is 4.58. The molecule has 212 valence electrons. The number of nitrogens with one attached hydrogen (secondary N) is 1. The number of carbonyl (C=O) groups is 1. The fraction of sp³-hybridized carbons (Fsp3) is 0.161. The molecule has 43 heavy (non-hydrogen) atoms. The number of anilines is 3. The van der Waals surface area contributed by atoms with E-state index in [2.05, 4.69) is 20.3 Å². The van der Waals surface area contributed by atoms with Gasteiger partial charge in [0.2, 0.25) is 5.95 Å². The van der Waals surface area contributed by atoms with Crippen LogP contribution in [-0.2, 0) is 11.3 Å². The van der Waals surface area contributed by atoms with Gasteiger partial charge in [-0.2, -0.15) is 4.98 Å². The highest BCUT2D eigenvalue weighted by Gasteiger charge is 2.27. The van der Waals surface area contributed by atoms with Crippen molar-refractivity contribution in [3.63, 3.8) is 0 Å². The van der Waals surface area contributed by atoms with Crippen LogP contribution < -0.4 is 20.5 Å². The molecule has 12 nitrogen and oxygen atoms in total. The fourth-order valence-electron chi connectivity index (χ4n) is 5.68. The molecule has 1 amide bonds. The van der Waals surface area contributed by atoms with Crippen LogP contribution in [0.1, 0.15) is 12.8 Å². The highest BCUT2D eigenvalue weighted by Crippen LogP contribution is 2.35. The van der Waals surface area contributed by atoms with Gasteiger partial charge in [-0.3, -0.25) is 14.6 Å². The zero-order valence-electron chi connectivity index (χ0n) is 22.9. The molecule has 12 heteroatoms. The van der Waals surface area contributed by atoms with Crippen molar-refractivity contribution in [1.29, 1.82) is 0 Å². The summed E-state index contributed by atoms with van der Waals surface area (Å²) < 4.78 is 11.1. The number of amides is 1. The lowest BCUT2D eigenvalue weighted by atomic mass is 10.1. The molecule has 0 radical (unpaired) electrons. The second-order valence-corrected chi connectivity index (χ2v) is 10.4. The predicted octanol–water partition coefficient (Wildman–Crippen LogP) is 4.14. The second kappa shape index (κ2) is 9.94. The third kappa shape index (κ3) is 4.22. The van der Waals surface area contributed by atoms with Crippen LogP contribution in [0.25, 0.3) is 33.4 Å². The van der Waals surface area contributed by atoms with E-state index in [1.807, 2.05) is 65.4 Å². The predicted molar refractivity (Wildman–Crippen MR) is 161 cm³/mol. The number of hydrogen-bond acceptors (Lipinski definition) is 8. The number of hydrogen-bond donors (Lipinski definition) is 1. The van der Waals surface area contributed by atoms with E-state index in [0.717, 1.165) is 29.6 Å². The number of aromatic nitrogens is 7. The summed E-state index contributed by atoms with van der Waals surface area (Å²) in [6, 6.07) is 13.4. The van der Waals surface area contributed by atoms with Gasteiger partial charge in [-0.25, -0.2) is 19.3 Å². The van der Waals surface area contributed by atoms with Crippen molar-refractivity contribution < 1.29 is 9.53 Å². The molecule has 5 aromatic heterocycles. The molecule has 2 aliphatic heterocycles. The van der Waals surface area contributed by atoms with E-state index in [0.29, 0.717) is 52.9 Å². The molecule has 1 aromatic carbocycles. The summed E-state index contributed by atoms with van der Waals surface area (Å²) >= 11 is 0. The highest BCUT2D eigenvalue weighted by molar-refractivity contribution is 5.98. The summed E-state index contributed by atoms with van der Waals surface area (Å²) in [5.74, 6) is 0.873. The average Bonchev–Trinajstić information content (AvgIpc) is 3.57. The zero-order valence-corrected chi connectivity index (χ0v) is 22.9. The van der Waals surface area contributed by atoms with Crippen molar-refractivity contribution in [3.05, 3.63) is 96.0 Å². The van der Waals surface area contributed by atoms with Crippen LogP contribution >= 0.6 is 0 Å². The van der Waals surface area contributed by atoms with Crippen LogP contribution in [0.5, 0.6) is 5.75 Å². The minimum atomic E-state index is -0.203. The first-order valence-corrected chi connectivity index (χ1v) is 14.0. The van der Waals surface area contributed by atoms with Crippen LogP contribution in [-0.4, -0.2) is 52.9 Å². The molecular formula is C31H25N9O3. The Balaban J connectivity index is 1.22. The SMILES string of the molecule is O=C1COc2ccc3cc2N1CCCC=CCn1c(=O)c2cnc(Nc4cnc5c(ccn5-c5ccncc5)c4)nc2n1-3. The Bertz CT molecular complexity index is 2130. The van der Waals surface area contributed by atoms with E-state index in [9.17, 15) is 9.59 Å². The van der Waals surface area contributed by atoms with E-state index in [1.165, 1.54) is 0 Å². The molecule has 0 spiro atoms. The van der Waals surface area contributed by atoms with Crippen molar-refractivity contribution in [2.75, 3.05) is 23.4 Å². The lowest BCUT2D eigenvalue weighted by molar-refractivity contribution is -0.121. The third-order valence-corrected chi connectivity index (χ3v) is 7.73. The maximum Gasteiger partial charge on any atom is 0.278 e. The number of ether oxygens (including phenoxy) is 1. The van der Waals surface area contributed by atoms with Crippen molar-refractivity contribution in [2.45, 2.75) is 19.4 Å². The molecule has 0 unspecified atom stereocenters. The molecule has 0 saturated carbocycles. The molecule has 7 heterocycles. The lowest BCUT2D eigenvalue weighted by Crippen LogP contribution is -2.39. The van der Waals surface area contributed by atoms with Gasteiger partial charge in [0.15, 0.2) is 12.3 Å². The van der Waals surface area contributed by atoms with E-state index >= 15 is 0 Å². The first kappa shape index (κ1) is 25.0. The number of allylic oxidation sites excluding steroid dienone is 2. The van der Waals surface area contributed by atoms with Gasteiger partial charge in [0.1, 0.15) is 16.8 Å². The van der Waals surface area contributed by atoms with Gasteiger partial charge in [-0.15, -0.1) is 0 Å². The summed E-state index contributed by atoms with van der Waals surface area (Å²) in [5.41, 5.74) is 4.10. The highest BCUT2D eigenvalue weighted by atomic mass is 16.5. The third-order valence-electron chi connectivity index (χ3n) is 7.73. The Morgan fingerprint density at radius 2 is 1.81 bits per heavy atom. The van der Waals surface area contributed by atoms with Crippen LogP contribution in [0.15, 0.2) is 90.4 Å². The number of carbonyl (C=O) groups excluding carboxylic acids is 1. The summed E-state index contributed by atoms with van der Waals surface area (Å²) in [7, 11) is 0. The molecule has 0 atom stereocenters. The number of nitrogens with zero attached hydrogens (tertiary/aromatic N) is 8. The van der Waals surface area contributed by atoms with Crippen LogP contribution in [0.2, 0.25) is 0 Å². The maximum absolute atomic E-state index is 13.6. The fourth-order valence-corrected chi connectivity index (χ4v) is 5.68. The van der Waals surface area contributed by atoms with Crippen molar-refractivity contribution in [2.24, 2.45) is 0 Å². The first-order chi connectivity index (χ1) is 21.1. The van der Waals surface area contributed by atoms with Crippen molar-refractivity contribution in [1.82, 2.24) is 33.9 Å². The number of rotatable bonds is 3. The Morgan fingerprint density at radius 1 is 0.907 bits per heavy atom. The van der Waals surface area contributed by atoms with Crippen molar-refractivity contribution >= 4 is 45.3 Å². The van der Waals surface area contributed by atoms with E-state index in [-0.39, 0.29) is 18.1 Å². The molecule has 2 bridgehead atoms. The molecule has 1 N–H and O–H groups in total. The van der Waals surface area contributed by atoms with Gasteiger partial charge >= 0.3 is 0 Å². The van der Waals surface area contributed by atoms with E-state index < -0.39 is 0 Å². The van der Waals surface area contributed by atoms with Crippen molar-refractivity contribution in [3.8, 4) is 17.1 Å². The smallest absolute Gasteiger partial charge is 0.278 e. The Labute approximate surface area is 244 Å². The topological polar surface area (TPSA) is 125 Å². The summed E-state index contributed by atoms with van der Waals surface area (Å²) in [6.07, 6.45) is 14.3. The van der Waals surface area contributed by atoms with Gasteiger partial charge in [0.05, 0.1) is 35.5 Å². The van der Waals surface area contributed by atoms with Crippen LogP contribution in [0, 0.1) is 0 Å². The normalized spacial score (nSPS) is 14.7. The number of fused-ring (bicyclic) bond motifs is 6. The largest absolute Gasteiger partial charge is 0.482 e. The molecule has 0 saturated heterocycles. The van der Waals surface area contributed by atoms with Gasteiger partial charge in [0.25, 0.3) is 11.5 Å². The molecular weight excluding hydrogens is 546 g/mol. The summed E-state index contributed by atoms with van der Waals surface area (Å²) in [4.78, 5) is 46.1. The van der Waals surface area contributed by atoms with E-state index in [1.54, 1.807) is 39.1 Å². The molecule has 2 aliphatic rings. The van der Waals surface area contributed by atoms with Gasteiger partial charge in [-0.05, 0) is 55.3 Å². The van der Waals surface area contributed by atoms with Gasteiger partial charge in [-0.1, -0.05) is 12.2 Å². The average molecular weight is 572 g/mol. The van der Waals surface area contributed by atoms with E-state index in [4.69, 9.17) is 9.72 Å². The minimum Gasteiger partial charge on any atom is -0.482 e. The second-order valence-electron chi connectivity index (χ2n) is 10.4. The Morgan fingerprint density at radius 3 is 2.72 bits per heavy atom. The summed E-state index contributed by atoms with van der Waals surface area (Å²) in [6.45, 7) is 0.961. The first-order valence-electron chi connectivity index (χ1n) is 14.0. The molecule has 8 rings (SSSR count). The minimum absolute atomic E-state index is 0.0106. The molecule has 0 aliphatic carbocycles. The van der Waals surface area contributed by atoms with Crippen LogP contribution in [0.3, 0.4) is 0 Å². The lowest BCUT2D eigenvalue weighted by Gasteiger charge is -2.30. The standard InChI is InChI=1S/C31H25N9O3/c41-27-19-43-26-6-5-23-16-25(26)38(27)12-3-1-2-4-13-39-30(42)24-18-34-31(36-29(24)40(23)39)35-21-15-20-9-14-37(28(20)33-17-21)22-7-10-32-11-8-22/h2,4-11,14-18H,1,3,12-13,19H2,(H,34,35,36).